The number of hydrogen-bond donors (Lipinski definition) is 1. The van der Waals surface area contributed by atoms with Crippen molar-refractivity contribution in [3.8, 4) is 0 Å². The van der Waals surface area contributed by atoms with E-state index in [4.69, 9.17) is 17.3 Å². The van der Waals surface area contributed by atoms with Gasteiger partial charge in [0.25, 0.3) is 0 Å². The largest absolute Gasteiger partial charge is 0.326 e. The van der Waals surface area contributed by atoms with Gasteiger partial charge < -0.3 is 5.73 Å². The second-order valence-electron chi connectivity index (χ2n) is 4.27. The Morgan fingerprint density at radius 3 is 2.64 bits per heavy atom. The van der Waals surface area contributed by atoms with Crippen LogP contribution in [-0.4, -0.2) is 10.9 Å². The van der Waals surface area contributed by atoms with Crippen molar-refractivity contribution in [2.45, 2.75) is 37.1 Å². The van der Waals surface area contributed by atoms with E-state index in [0.717, 1.165) is 19.3 Å². The summed E-state index contributed by atoms with van der Waals surface area (Å²) in [4.78, 5) is -0.0950. The molecule has 2 N–H and O–H groups in total. The average Bonchev–Trinajstić information content (AvgIpc) is 2.89. The standard InChI is InChI=1S/C12H16ClN/c1-9-4-2-3-5-10(9)8-11(14)12(13)6-7-12/h2-5,11H,6-8,14H2,1H3. The van der Waals surface area contributed by atoms with Gasteiger partial charge in [-0.15, -0.1) is 11.6 Å². The van der Waals surface area contributed by atoms with Gasteiger partial charge in [0.1, 0.15) is 0 Å². The number of halogens is 1. The van der Waals surface area contributed by atoms with Crippen molar-refractivity contribution in [1.29, 1.82) is 0 Å². The molecule has 1 aliphatic rings. The molecular formula is C12H16ClN. The van der Waals surface area contributed by atoms with E-state index in [9.17, 15) is 0 Å². The van der Waals surface area contributed by atoms with Crippen LogP contribution in [0.5, 0.6) is 0 Å². The van der Waals surface area contributed by atoms with Crippen molar-refractivity contribution >= 4 is 11.6 Å². The van der Waals surface area contributed by atoms with Crippen LogP contribution in [0.1, 0.15) is 24.0 Å². The third-order valence-electron chi connectivity index (χ3n) is 3.09. The van der Waals surface area contributed by atoms with Crippen molar-refractivity contribution in [2.24, 2.45) is 5.73 Å². The molecule has 0 bridgehead atoms. The van der Waals surface area contributed by atoms with E-state index in [-0.39, 0.29) is 10.9 Å². The first-order valence-electron chi connectivity index (χ1n) is 5.11. The molecule has 1 fully saturated rings. The zero-order valence-electron chi connectivity index (χ0n) is 8.46. The highest BCUT2D eigenvalue weighted by Crippen LogP contribution is 2.45. The van der Waals surface area contributed by atoms with Gasteiger partial charge in [-0.05, 0) is 37.3 Å². The number of rotatable bonds is 3. The van der Waals surface area contributed by atoms with E-state index in [2.05, 4.69) is 31.2 Å². The van der Waals surface area contributed by atoms with E-state index in [0.29, 0.717) is 0 Å². The quantitative estimate of drug-likeness (QED) is 0.762. The van der Waals surface area contributed by atoms with E-state index in [1.54, 1.807) is 0 Å². The molecule has 2 heteroatoms. The Bertz CT molecular complexity index is 331. The molecule has 76 valence electrons. The number of hydrogen-bond acceptors (Lipinski definition) is 1. The number of alkyl halides is 1. The van der Waals surface area contributed by atoms with Crippen molar-refractivity contribution in [3.05, 3.63) is 35.4 Å². The minimum Gasteiger partial charge on any atom is -0.326 e. The summed E-state index contributed by atoms with van der Waals surface area (Å²) >= 11 is 6.27. The van der Waals surface area contributed by atoms with Crippen LogP contribution in [0, 0.1) is 6.92 Å². The monoisotopic (exact) mass is 209 g/mol. The molecule has 1 nitrogen and oxygen atoms in total. The molecule has 0 spiro atoms. The highest BCUT2D eigenvalue weighted by Gasteiger charge is 2.45. The van der Waals surface area contributed by atoms with Gasteiger partial charge in [0.15, 0.2) is 0 Å². The molecule has 1 atom stereocenters. The lowest BCUT2D eigenvalue weighted by molar-refractivity contribution is 0.617. The van der Waals surface area contributed by atoms with Crippen LogP contribution in [0.25, 0.3) is 0 Å². The molecule has 0 heterocycles. The van der Waals surface area contributed by atoms with Gasteiger partial charge in [0, 0.05) is 6.04 Å². The van der Waals surface area contributed by atoms with E-state index < -0.39 is 0 Å². The molecule has 0 saturated heterocycles. The lowest BCUT2D eigenvalue weighted by atomic mass is 9.99. The van der Waals surface area contributed by atoms with Crippen LogP contribution < -0.4 is 5.73 Å². The van der Waals surface area contributed by atoms with Gasteiger partial charge in [-0.1, -0.05) is 24.3 Å². The summed E-state index contributed by atoms with van der Waals surface area (Å²) in [6.45, 7) is 2.12. The predicted molar refractivity (Wildman–Crippen MR) is 60.7 cm³/mol. The number of benzene rings is 1. The van der Waals surface area contributed by atoms with Gasteiger partial charge in [0.05, 0.1) is 4.87 Å². The first-order chi connectivity index (χ1) is 6.62. The Kier molecular flexibility index (Phi) is 2.54. The predicted octanol–water partition coefficient (Wildman–Crippen LogP) is 2.64. The molecule has 1 unspecified atom stereocenters. The van der Waals surface area contributed by atoms with Crippen LogP contribution >= 0.6 is 11.6 Å². The summed E-state index contributed by atoms with van der Waals surface area (Å²) in [7, 11) is 0. The lowest BCUT2D eigenvalue weighted by Gasteiger charge is -2.17. The Morgan fingerprint density at radius 1 is 1.43 bits per heavy atom. The average molecular weight is 210 g/mol. The number of nitrogens with two attached hydrogens (primary N) is 1. The molecule has 1 aromatic carbocycles. The minimum atomic E-state index is -0.0950. The summed E-state index contributed by atoms with van der Waals surface area (Å²) in [5.41, 5.74) is 8.72. The topological polar surface area (TPSA) is 26.0 Å². The highest BCUT2D eigenvalue weighted by atomic mass is 35.5. The summed E-state index contributed by atoms with van der Waals surface area (Å²) in [5.74, 6) is 0. The van der Waals surface area contributed by atoms with Crippen molar-refractivity contribution in [2.75, 3.05) is 0 Å². The molecule has 0 aliphatic heterocycles. The first-order valence-corrected chi connectivity index (χ1v) is 5.49. The van der Waals surface area contributed by atoms with Crippen LogP contribution in [0.3, 0.4) is 0 Å². The van der Waals surface area contributed by atoms with Crippen LogP contribution in [0.2, 0.25) is 0 Å². The Labute approximate surface area is 90.3 Å². The van der Waals surface area contributed by atoms with Crippen molar-refractivity contribution < 1.29 is 0 Å². The molecule has 0 amide bonds. The maximum atomic E-state index is 6.27. The van der Waals surface area contributed by atoms with Gasteiger partial charge in [-0.2, -0.15) is 0 Å². The van der Waals surface area contributed by atoms with Gasteiger partial charge >= 0.3 is 0 Å². The fraction of sp³-hybridized carbons (Fsp3) is 0.500. The third-order valence-corrected chi connectivity index (χ3v) is 3.75. The van der Waals surface area contributed by atoms with Crippen LogP contribution in [0.15, 0.2) is 24.3 Å². The minimum absolute atomic E-state index is 0.0950. The maximum absolute atomic E-state index is 6.27. The Balaban J connectivity index is 2.07. The second-order valence-corrected chi connectivity index (χ2v) is 5.02. The second kappa shape index (κ2) is 3.56. The normalized spacial score (nSPS) is 20.5. The fourth-order valence-electron chi connectivity index (χ4n) is 1.75. The summed E-state index contributed by atoms with van der Waals surface area (Å²) in [5, 5.41) is 0. The summed E-state index contributed by atoms with van der Waals surface area (Å²) in [6, 6.07) is 8.47. The van der Waals surface area contributed by atoms with Crippen molar-refractivity contribution in [1.82, 2.24) is 0 Å². The van der Waals surface area contributed by atoms with E-state index in [1.165, 1.54) is 11.1 Å². The van der Waals surface area contributed by atoms with Gasteiger partial charge in [-0.3, -0.25) is 0 Å². The molecule has 0 aromatic heterocycles. The molecule has 0 radical (unpaired) electrons. The summed E-state index contributed by atoms with van der Waals surface area (Å²) in [6.07, 6.45) is 3.04. The zero-order valence-corrected chi connectivity index (χ0v) is 9.22. The Hall–Kier alpha value is -0.530. The molecular weight excluding hydrogens is 194 g/mol. The van der Waals surface area contributed by atoms with E-state index in [1.807, 2.05) is 0 Å². The SMILES string of the molecule is Cc1ccccc1CC(N)C1(Cl)CC1. The molecule has 2 rings (SSSR count). The van der Waals surface area contributed by atoms with Gasteiger partial charge in [-0.25, -0.2) is 0 Å². The zero-order chi connectivity index (χ0) is 10.2. The summed E-state index contributed by atoms with van der Waals surface area (Å²) < 4.78 is 0. The molecule has 14 heavy (non-hydrogen) atoms. The molecule has 1 aliphatic carbocycles. The van der Waals surface area contributed by atoms with Crippen LogP contribution in [0.4, 0.5) is 0 Å². The molecule has 1 saturated carbocycles. The van der Waals surface area contributed by atoms with E-state index >= 15 is 0 Å². The number of aryl methyl sites for hydroxylation is 1. The van der Waals surface area contributed by atoms with Gasteiger partial charge in [0.2, 0.25) is 0 Å². The first kappa shape index (κ1) is 10.0. The lowest BCUT2D eigenvalue weighted by Crippen LogP contribution is -2.34. The van der Waals surface area contributed by atoms with Crippen LogP contribution in [-0.2, 0) is 6.42 Å². The highest BCUT2D eigenvalue weighted by molar-refractivity contribution is 6.26. The third kappa shape index (κ3) is 1.94. The fourth-order valence-corrected chi connectivity index (χ4v) is 1.92. The smallest absolute Gasteiger partial charge is 0.0601 e. The Morgan fingerprint density at radius 2 is 2.07 bits per heavy atom. The van der Waals surface area contributed by atoms with Crippen molar-refractivity contribution in [3.63, 3.8) is 0 Å². The maximum Gasteiger partial charge on any atom is 0.0601 e. The molecule has 1 aromatic rings.